The third-order valence-electron chi connectivity index (χ3n) is 4.55. The van der Waals surface area contributed by atoms with E-state index in [4.69, 9.17) is 0 Å². The second kappa shape index (κ2) is 5.96. The second-order valence-electron chi connectivity index (χ2n) is 6.30. The molecule has 1 N–H and O–H groups in total. The van der Waals surface area contributed by atoms with Gasteiger partial charge in [0.25, 0.3) is 0 Å². The number of anilines is 1. The van der Waals surface area contributed by atoms with Crippen molar-refractivity contribution in [2.75, 3.05) is 5.32 Å². The fourth-order valence-electron chi connectivity index (χ4n) is 3.17. The summed E-state index contributed by atoms with van der Waals surface area (Å²) in [5.74, 6) is 0.424. The maximum Gasteiger partial charge on any atom is 0.228 e. The summed E-state index contributed by atoms with van der Waals surface area (Å²) in [5.41, 5.74) is 4.16. The van der Waals surface area contributed by atoms with E-state index < -0.39 is 0 Å². The lowest BCUT2D eigenvalue weighted by atomic mass is 10.0. The molecule has 2 atom stereocenters. The molecule has 1 aliphatic carbocycles. The summed E-state index contributed by atoms with van der Waals surface area (Å²) in [4.78, 5) is 12.6. The van der Waals surface area contributed by atoms with Crippen molar-refractivity contribution in [3.05, 3.63) is 72.6 Å². The molecule has 120 valence electrons. The lowest BCUT2D eigenvalue weighted by molar-refractivity contribution is -0.117. The van der Waals surface area contributed by atoms with E-state index in [9.17, 15) is 4.79 Å². The Labute approximate surface area is 141 Å². The van der Waals surface area contributed by atoms with E-state index in [1.807, 2.05) is 61.9 Å². The number of rotatable bonds is 4. The Morgan fingerprint density at radius 3 is 2.62 bits per heavy atom. The summed E-state index contributed by atoms with van der Waals surface area (Å²) in [6.07, 6.45) is 4.75. The van der Waals surface area contributed by atoms with Crippen LogP contribution < -0.4 is 5.32 Å². The van der Waals surface area contributed by atoms with Crippen LogP contribution in [0.1, 0.15) is 17.9 Å². The molecule has 1 aliphatic rings. The molecule has 24 heavy (non-hydrogen) atoms. The van der Waals surface area contributed by atoms with Gasteiger partial charge in [-0.25, -0.2) is 0 Å². The molecule has 1 heterocycles. The number of aromatic nitrogens is 2. The van der Waals surface area contributed by atoms with E-state index in [1.165, 1.54) is 0 Å². The molecule has 1 amide bonds. The van der Waals surface area contributed by atoms with Crippen molar-refractivity contribution in [3.8, 4) is 11.1 Å². The van der Waals surface area contributed by atoms with Crippen LogP contribution in [-0.2, 0) is 11.8 Å². The summed E-state index contributed by atoms with van der Waals surface area (Å²) >= 11 is 0. The van der Waals surface area contributed by atoms with Gasteiger partial charge in [0.15, 0.2) is 0 Å². The number of amides is 1. The average Bonchev–Trinajstić information content (AvgIpc) is 3.30. The van der Waals surface area contributed by atoms with Crippen LogP contribution in [0, 0.1) is 5.92 Å². The molecular formula is C20H19N3O. The molecule has 1 aromatic heterocycles. The summed E-state index contributed by atoms with van der Waals surface area (Å²) in [5, 5.41) is 7.31. The van der Waals surface area contributed by atoms with Crippen LogP contribution in [0.25, 0.3) is 11.1 Å². The minimum absolute atomic E-state index is 0.0398. The Morgan fingerprint density at radius 1 is 1.12 bits per heavy atom. The van der Waals surface area contributed by atoms with Crippen molar-refractivity contribution in [2.45, 2.75) is 12.3 Å². The minimum atomic E-state index is 0.0398. The molecule has 2 aromatic carbocycles. The molecule has 1 saturated carbocycles. The zero-order valence-electron chi connectivity index (χ0n) is 13.5. The van der Waals surface area contributed by atoms with Gasteiger partial charge in [-0.05, 0) is 29.5 Å². The molecular weight excluding hydrogens is 298 g/mol. The molecule has 4 heteroatoms. The van der Waals surface area contributed by atoms with Crippen LogP contribution in [0.15, 0.2) is 67.0 Å². The van der Waals surface area contributed by atoms with Crippen LogP contribution in [0.4, 0.5) is 5.69 Å². The number of nitrogens with one attached hydrogen (secondary N) is 1. The Hall–Kier alpha value is -2.88. The number of hydrogen-bond donors (Lipinski definition) is 1. The first-order chi connectivity index (χ1) is 11.7. The zero-order chi connectivity index (χ0) is 16.5. The van der Waals surface area contributed by atoms with E-state index in [0.717, 1.165) is 28.8 Å². The largest absolute Gasteiger partial charge is 0.325 e. The summed E-state index contributed by atoms with van der Waals surface area (Å²) in [6, 6.07) is 18.1. The van der Waals surface area contributed by atoms with Crippen LogP contribution in [0.3, 0.4) is 0 Å². The fourth-order valence-corrected chi connectivity index (χ4v) is 3.17. The fraction of sp³-hybridized carbons (Fsp3) is 0.200. The number of nitrogens with zero attached hydrogens (tertiary/aromatic N) is 2. The van der Waals surface area contributed by atoms with Crippen molar-refractivity contribution < 1.29 is 4.79 Å². The lowest BCUT2D eigenvalue weighted by Crippen LogP contribution is -2.15. The Morgan fingerprint density at radius 2 is 1.88 bits per heavy atom. The number of carbonyl (C=O) groups excluding carboxylic acids is 1. The Bertz CT molecular complexity index is 869. The predicted octanol–water partition coefficient (Wildman–Crippen LogP) is 3.83. The van der Waals surface area contributed by atoms with Gasteiger partial charge in [-0.15, -0.1) is 0 Å². The molecule has 0 spiro atoms. The van der Waals surface area contributed by atoms with Gasteiger partial charge in [-0.3, -0.25) is 9.48 Å². The van der Waals surface area contributed by atoms with Gasteiger partial charge in [0.1, 0.15) is 0 Å². The number of hydrogen-bond acceptors (Lipinski definition) is 2. The zero-order valence-corrected chi connectivity index (χ0v) is 13.5. The van der Waals surface area contributed by atoms with Crippen LogP contribution in [0.5, 0.6) is 0 Å². The maximum absolute atomic E-state index is 12.6. The molecule has 4 rings (SSSR count). The van der Waals surface area contributed by atoms with Gasteiger partial charge in [0.2, 0.25) is 5.91 Å². The molecule has 1 fully saturated rings. The standard InChI is InChI=1S/C20H19N3O/c1-23-13-15(12-21-23)17-11-18(17)20(24)22-19-10-6-5-9-16(19)14-7-3-2-4-8-14/h2-10,12-13,17-18H,11H2,1H3,(H,22,24)/t17-,18-/m0/s1. The van der Waals surface area contributed by atoms with E-state index in [1.54, 1.807) is 4.68 Å². The second-order valence-corrected chi connectivity index (χ2v) is 6.30. The van der Waals surface area contributed by atoms with Crippen LogP contribution in [0.2, 0.25) is 0 Å². The molecule has 4 nitrogen and oxygen atoms in total. The van der Waals surface area contributed by atoms with Gasteiger partial charge < -0.3 is 5.32 Å². The highest BCUT2D eigenvalue weighted by Crippen LogP contribution is 2.48. The number of aryl methyl sites for hydroxylation is 1. The first-order valence-corrected chi connectivity index (χ1v) is 8.16. The highest BCUT2D eigenvalue weighted by atomic mass is 16.2. The first-order valence-electron chi connectivity index (χ1n) is 8.16. The molecule has 0 unspecified atom stereocenters. The highest BCUT2D eigenvalue weighted by Gasteiger charge is 2.44. The van der Waals surface area contributed by atoms with Crippen LogP contribution in [-0.4, -0.2) is 15.7 Å². The highest BCUT2D eigenvalue weighted by molar-refractivity contribution is 5.98. The summed E-state index contributed by atoms with van der Waals surface area (Å²) in [7, 11) is 1.90. The lowest BCUT2D eigenvalue weighted by Gasteiger charge is -2.11. The minimum Gasteiger partial charge on any atom is -0.325 e. The SMILES string of the molecule is Cn1cc([C@@H]2C[C@@H]2C(=O)Nc2ccccc2-c2ccccc2)cn1. The molecule has 0 aliphatic heterocycles. The van der Waals surface area contributed by atoms with Gasteiger partial charge >= 0.3 is 0 Å². The summed E-state index contributed by atoms with van der Waals surface area (Å²) < 4.78 is 1.79. The third kappa shape index (κ3) is 2.83. The topological polar surface area (TPSA) is 46.9 Å². The predicted molar refractivity (Wildman–Crippen MR) is 94.6 cm³/mol. The molecule has 0 radical (unpaired) electrons. The monoisotopic (exact) mass is 317 g/mol. The van der Waals surface area contributed by atoms with Gasteiger partial charge in [-0.2, -0.15) is 5.10 Å². The van der Waals surface area contributed by atoms with E-state index in [0.29, 0.717) is 5.92 Å². The van der Waals surface area contributed by atoms with Crippen molar-refractivity contribution in [2.24, 2.45) is 13.0 Å². The number of para-hydroxylation sites is 1. The molecule has 3 aromatic rings. The van der Waals surface area contributed by atoms with Crippen molar-refractivity contribution in [1.29, 1.82) is 0 Å². The van der Waals surface area contributed by atoms with E-state index in [2.05, 4.69) is 22.5 Å². The smallest absolute Gasteiger partial charge is 0.228 e. The van der Waals surface area contributed by atoms with Gasteiger partial charge in [-0.1, -0.05) is 48.5 Å². The number of carbonyl (C=O) groups is 1. The third-order valence-corrected chi connectivity index (χ3v) is 4.55. The maximum atomic E-state index is 12.6. The molecule has 0 bridgehead atoms. The Balaban J connectivity index is 1.51. The quantitative estimate of drug-likeness (QED) is 0.795. The first kappa shape index (κ1) is 14.7. The van der Waals surface area contributed by atoms with Gasteiger partial charge in [0.05, 0.1) is 6.20 Å². The Kier molecular flexibility index (Phi) is 3.65. The van der Waals surface area contributed by atoms with Crippen molar-refractivity contribution >= 4 is 11.6 Å². The normalized spacial score (nSPS) is 19.0. The number of benzene rings is 2. The molecule has 0 saturated heterocycles. The van der Waals surface area contributed by atoms with E-state index >= 15 is 0 Å². The van der Waals surface area contributed by atoms with Crippen LogP contribution >= 0.6 is 0 Å². The average molecular weight is 317 g/mol. The van der Waals surface area contributed by atoms with Crippen molar-refractivity contribution in [3.63, 3.8) is 0 Å². The summed E-state index contributed by atoms with van der Waals surface area (Å²) in [6.45, 7) is 0. The van der Waals surface area contributed by atoms with Gasteiger partial charge in [0, 0.05) is 30.4 Å². The van der Waals surface area contributed by atoms with Crippen molar-refractivity contribution in [1.82, 2.24) is 9.78 Å². The van der Waals surface area contributed by atoms with E-state index in [-0.39, 0.29) is 11.8 Å².